The number of hydrogen-bond acceptors (Lipinski definition) is 6. The van der Waals surface area contributed by atoms with Gasteiger partial charge < -0.3 is 10.4 Å². The van der Waals surface area contributed by atoms with Crippen LogP contribution in [0.25, 0.3) is 15.8 Å². The lowest BCUT2D eigenvalue weighted by Crippen LogP contribution is -2.46. The summed E-state index contributed by atoms with van der Waals surface area (Å²) in [6, 6.07) is 13.8. The highest BCUT2D eigenvalue weighted by molar-refractivity contribution is 7.19. The van der Waals surface area contributed by atoms with Gasteiger partial charge in [0.2, 0.25) is 0 Å². The van der Waals surface area contributed by atoms with Gasteiger partial charge >= 0.3 is 0 Å². The minimum Gasteiger partial charge on any atom is -0.394 e. The second-order valence-corrected chi connectivity index (χ2v) is 12.3. The van der Waals surface area contributed by atoms with E-state index in [1.165, 1.54) is 17.0 Å². The Morgan fingerprint density at radius 2 is 1.95 bits per heavy atom. The normalized spacial score (nSPS) is 18.8. The molecule has 5 rings (SSSR count). The Bertz CT molecular complexity index is 1530. The largest absolute Gasteiger partial charge is 0.394 e. The molecule has 11 heteroatoms. The fraction of sp³-hybridized carbons (Fsp3) is 0.321. The first-order chi connectivity index (χ1) is 18.4. The quantitative estimate of drug-likeness (QED) is 0.270. The molecule has 3 heterocycles. The van der Waals surface area contributed by atoms with Crippen molar-refractivity contribution < 1.29 is 18.7 Å². The van der Waals surface area contributed by atoms with Crippen molar-refractivity contribution in [3.8, 4) is 5.69 Å². The van der Waals surface area contributed by atoms with E-state index in [0.29, 0.717) is 17.8 Å². The molecule has 0 unspecified atom stereocenters. The van der Waals surface area contributed by atoms with Crippen LogP contribution in [0.15, 0.2) is 67.3 Å². The predicted molar refractivity (Wildman–Crippen MR) is 148 cm³/mol. The summed E-state index contributed by atoms with van der Waals surface area (Å²) in [6.07, 6.45) is -1.37. The number of carbonyl (C=O) groups is 1. The van der Waals surface area contributed by atoms with Crippen LogP contribution >= 0.6 is 22.9 Å². The van der Waals surface area contributed by atoms with Gasteiger partial charge in [0.25, 0.3) is 12.3 Å². The summed E-state index contributed by atoms with van der Waals surface area (Å²) in [5.41, 5.74) is -0.699. The SMILES string of the molecule is C=C1N[C@](CC(C)(C)C)(c2cc3ccccc3s2)C(=O)N1[C@H](CO)c1ccc(Cl)c(-n2ncnc2C(F)F)c1. The number of carbonyl (C=O) groups excluding carboxylic acids is 1. The number of hydrogen-bond donors (Lipinski definition) is 2. The van der Waals surface area contributed by atoms with Gasteiger partial charge in [-0.2, -0.15) is 5.10 Å². The third-order valence-corrected chi connectivity index (χ3v) is 8.31. The number of benzene rings is 2. The van der Waals surface area contributed by atoms with E-state index in [9.17, 15) is 18.7 Å². The van der Waals surface area contributed by atoms with Crippen LogP contribution < -0.4 is 5.32 Å². The molecule has 7 nitrogen and oxygen atoms in total. The monoisotopic (exact) mass is 571 g/mol. The number of halogens is 3. The van der Waals surface area contributed by atoms with Gasteiger partial charge in [0.05, 0.1) is 23.4 Å². The summed E-state index contributed by atoms with van der Waals surface area (Å²) in [6.45, 7) is 9.90. The fourth-order valence-corrected chi connectivity index (χ4v) is 6.60. The Kier molecular flexibility index (Phi) is 6.98. The Morgan fingerprint density at radius 1 is 1.21 bits per heavy atom. The highest BCUT2D eigenvalue weighted by atomic mass is 35.5. The molecule has 4 aromatic rings. The molecule has 1 fully saturated rings. The first-order valence-electron chi connectivity index (χ1n) is 12.3. The van der Waals surface area contributed by atoms with E-state index in [1.54, 1.807) is 17.4 Å². The summed E-state index contributed by atoms with van der Waals surface area (Å²) in [4.78, 5) is 20.4. The van der Waals surface area contributed by atoms with E-state index >= 15 is 0 Å². The lowest BCUT2D eigenvalue weighted by Gasteiger charge is -2.34. The van der Waals surface area contributed by atoms with Crippen LogP contribution in [0.1, 0.15) is 55.9 Å². The maximum absolute atomic E-state index is 14.4. The number of nitrogens with zero attached hydrogens (tertiary/aromatic N) is 4. The maximum atomic E-state index is 14.4. The molecule has 0 spiro atoms. The van der Waals surface area contributed by atoms with Crippen molar-refractivity contribution in [3.05, 3.63) is 88.5 Å². The highest BCUT2D eigenvalue weighted by Gasteiger charge is 2.54. The molecule has 0 aliphatic carbocycles. The van der Waals surface area contributed by atoms with Crippen molar-refractivity contribution in [2.45, 2.75) is 45.2 Å². The van der Waals surface area contributed by atoms with E-state index in [0.717, 1.165) is 26.0 Å². The van der Waals surface area contributed by atoms with Crippen LogP contribution in [0.2, 0.25) is 5.02 Å². The number of aromatic nitrogens is 3. The number of fused-ring (bicyclic) bond motifs is 1. The molecule has 39 heavy (non-hydrogen) atoms. The molecule has 2 aromatic heterocycles. The van der Waals surface area contributed by atoms with Gasteiger partial charge in [0.15, 0.2) is 11.4 Å². The second-order valence-electron chi connectivity index (χ2n) is 10.8. The van der Waals surface area contributed by atoms with E-state index in [-0.39, 0.29) is 22.0 Å². The number of thiophene rings is 1. The summed E-state index contributed by atoms with van der Waals surface area (Å²) < 4.78 is 29.1. The molecular weight excluding hydrogens is 544 g/mol. The molecule has 0 saturated carbocycles. The van der Waals surface area contributed by atoms with Crippen LogP contribution in [-0.4, -0.2) is 37.3 Å². The molecular formula is C28H28ClF2N5O2S. The second kappa shape index (κ2) is 10.0. The zero-order chi connectivity index (χ0) is 28.1. The molecule has 1 aliphatic rings. The Labute approximate surface area is 233 Å². The molecule has 1 amide bonds. The zero-order valence-electron chi connectivity index (χ0n) is 21.7. The Hall–Kier alpha value is -3.34. The van der Waals surface area contributed by atoms with Gasteiger partial charge in [-0.1, -0.05) is 63.2 Å². The first kappa shape index (κ1) is 27.2. The lowest BCUT2D eigenvalue weighted by molar-refractivity contribution is -0.135. The average molecular weight is 572 g/mol. The standard InChI is InChI=1S/C28H28ClF2N5O2S/c1-16-34-28(14-27(2,3)4,23-12-18-7-5-6-8-22(18)39-23)26(38)35(16)21(13-37)17-9-10-19(29)20(11-17)36-25(24(30)31)32-15-33-36/h5-12,15,21,24,34,37H,1,13-14H2,2-4H3/t21-,28-/m1/s1. The third kappa shape index (κ3) is 4.81. The molecule has 1 aliphatic heterocycles. The molecule has 2 N–H and O–H groups in total. The topological polar surface area (TPSA) is 83.3 Å². The van der Waals surface area contributed by atoms with Crippen LogP contribution in [-0.2, 0) is 10.3 Å². The van der Waals surface area contributed by atoms with Crippen LogP contribution in [0, 0.1) is 5.41 Å². The van der Waals surface area contributed by atoms with Gasteiger partial charge in [-0.25, -0.2) is 18.4 Å². The lowest BCUT2D eigenvalue weighted by atomic mass is 9.78. The van der Waals surface area contributed by atoms with Gasteiger partial charge in [-0.15, -0.1) is 11.3 Å². The van der Waals surface area contributed by atoms with Gasteiger partial charge in [0, 0.05) is 9.58 Å². The number of aliphatic hydroxyl groups excluding tert-OH is 1. The molecule has 204 valence electrons. The predicted octanol–water partition coefficient (Wildman–Crippen LogP) is 6.34. The molecule has 0 radical (unpaired) electrons. The zero-order valence-corrected chi connectivity index (χ0v) is 23.2. The molecule has 1 saturated heterocycles. The molecule has 2 aromatic carbocycles. The summed E-state index contributed by atoms with van der Waals surface area (Å²) >= 11 is 7.90. The number of aliphatic hydroxyl groups is 1. The van der Waals surface area contributed by atoms with E-state index in [1.807, 2.05) is 30.3 Å². The summed E-state index contributed by atoms with van der Waals surface area (Å²) in [5.74, 6) is -0.475. The summed E-state index contributed by atoms with van der Waals surface area (Å²) in [7, 11) is 0. The number of amides is 1. The minimum atomic E-state index is -2.87. The van der Waals surface area contributed by atoms with Crippen molar-refractivity contribution in [3.63, 3.8) is 0 Å². The average Bonchev–Trinajstić information content (AvgIpc) is 3.58. The van der Waals surface area contributed by atoms with Crippen molar-refractivity contribution in [1.29, 1.82) is 0 Å². The molecule has 2 atom stereocenters. The van der Waals surface area contributed by atoms with Crippen molar-refractivity contribution in [2.75, 3.05) is 6.61 Å². The van der Waals surface area contributed by atoms with Gasteiger partial charge in [-0.3, -0.25) is 9.69 Å². The Balaban J connectivity index is 1.59. The molecule has 0 bridgehead atoms. The number of rotatable bonds is 7. The summed E-state index contributed by atoms with van der Waals surface area (Å²) in [5, 5.41) is 19.1. The highest BCUT2D eigenvalue weighted by Crippen LogP contribution is 2.47. The van der Waals surface area contributed by atoms with Crippen molar-refractivity contribution >= 4 is 38.9 Å². The van der Waals surface area contributed by atoms with Crippen molar-refractivity contribution in [2.24, 2.45) is 5.41 Å². The van der Waals surface area contributed by atoms with Crippen LogP contribution in [0.5, 0.6) is 0 Å². The number of nitrogens with one attached hydrogen (secondary N) is 1. The van der Waals surface area contributed by atoms with E-state index < -0.39 is 30.4 Å². The number of alkyl halides is 2. The van der Waals surface area contributed by atoms with E-state index in [2.05, 4.69) is 42.7 Å². The van der Waals surface area contributed by atoms with E-state index in [4.69, 9.17) is 11.6 Å². The van der Waals surface area contributed by atoms with Crippen molar-refractivity contribution in [1.82, 2.24) is 25.0 Å². The van der Waals surface area contributed by atoms with Gasteiger partial charge in [-0.05, 0) is 47.1 Å². The third-order valence-electron chi connectivity index (χ3n) is 6.71. The van der Waals surface area contributed by atoms with Crippen LogP contribution in [0.4, 0.5) is 8.78 Å². The fourth-order valence-electron chi connectivity index (χ4n) is 5.20. The minimum absolute atomic E-state index is 0.163. The first-order valence-corrected chi connectivity index (χ1v) is 13.5. The van der Waals surface area contributed by atoms with Gasteiger partial charge in [0.1, 0.15) is 12.1 Å². The Morgan fingerprint density at radius 3 is 2.62 bits per heavy atom. The smallest absolute Gasteiger partial charge is 0.297 e. The van der Waals surface area contributed by atoms with Crippen LogP contribution in [0.3, 0.4) is 0 Å². The maximum Gasteiger partial charge on any atom is 0.297 e.